The van der Waals surface area contributed by atoms with Crippen LogP contribution in [0.5, 0.6) is 0 Å². The number of rotatable bonds is 7. The molecule has 9 atom stereocenters. The van der Waals surface area contributed by atoms with E-state index < -0.39 is 5.97 Å². The molecule has 1 aliphatic heterocycles. The normalized spacial score (nSPS) is 42.2. The molecule has 1 aromatic rings. The minimum Gasteiger partial charge on any atom is -0.478 e. The molecule has 0 bridgehead atoms. The van der Waals surface area contributed by atoms with Gasteiger partial charge in [0.05, 0.1) is 24.2 Å². The lowest BCUT2D eigenvalue weighted by atomic mass is 9.32. The molecule has 0 spiro atoms. The number of morpholine rings is 1. The summed E-state index contributed by atoms with van der Waals surface area (Å²) in [4.78, 5) is 29.1. The van der Waals surface area contributed by atoms with E-state index in [1.165, 1.54) is 62.5 Å². The molecule has 0 radical (unpaired) electrons. The van der Waals surface area contributed by atoms with Gasteiger partial charge in [-0.3, -0.25) is 9.69 Å². The summed E-state index contributed by atoms with van der Waals surface area (Å²) in [7, 11) is 0. The lowest BCUT2D eigenvalue weighted by Gasteiger charge is -2.72. The summed E-state index contributed by atoms with van der Waals surface area (Å²) in [6.07, 6.45) is 15.8. The third kappa shape index (κ3) is 5.36. The number of nitrogens with one attached hydrogen (secondary N) is 1. The zero-order chi connectivity index (χ0) is 37.1. The monoisotopic (exact) mass is 713 g/mol. The summed E-state index contributed by atoms with van der Waals surface area (Å²) in [6.45, 7) is 24.4. The van der Waals surface area contributed by atoms with Crippen LogP contribution in [-0.4, -0.2) is 60.3 Å². The van der Waals surface area contributed by atoms with E-state index in [9.17, 15) is 9.90 Å². The molecule has 1 aromatic carbocycles. The van der Waals surface area contributed by atoms with E-state index in [-0.39, 0.29) is 32.6 Å². The summed E-state index contributed by atoms with van der Waals surface area (Å²) in [5.74, 6) is 2.45. The Hall–Kier alpha value is -2.18. The molecule has 5 saturated carbocycles. The highest BCUT2D eigenvalue weighted by molar-refractivity contribution is 5.88. The average molecular weight is 713 g/mol. The van der Waals surface area contributed by atoms with Crippen molar-refractivity contribution in [1.29, 1.82) is 0 Å². The van der Waals surface area contributed by atoms with Crippen LogP contribution in [0.1, 0.15) is 142 Å². The number of hydrogen-bond acceptors (Lipinski definition) is 4. The predicted octanol–water partition coefficient (Wildman–Crippen LogP) is 9.49. The second-order valence-electron chi connectivity index (χ2n) is 21.3. The lowest BCUT2D eigenvalue weighted by Crippen LogP contribution is -2.67. The number of carbonyl (C=O) groups is 2. The number of benzene rings is 1. The van der Waals surface area contributed by atoms with Crippen LogP contribution < -0.4 is 5.32 Å². The molecule has 0 aromatic heterocycles. The van der Waals surface area contributed by atoms with Crippen LogP contribution in [0, 0.1) is 62.1 Å². The fourth-order valence-corrected chi connectivity index (χ4v) is 15.0. The summed E-state index contributed by atoms with van der Waals surface area (Å²) in [5, 5.41) is 13.2. The molecule has 2 N–H and O–H groups in total. The van der Waals surface area contributed by atoms with Crippen molar-refractivity contribution in [1.82, 2.24) is 10.2 Å². The Bertz CT molecular complexity index is 1620. The number of carbonyl (C=O) groups excluding carboxylic acids is 1. The standard InChI is InChI=1S/C46H68N2O4/c1-40(2,29-48-25-27-52-28-26-48)47-39(51)46-20-16-33(42(5)21-22-42)37(46)34-13-14-36-43(6)18-15-32(30-9-11-31(12-10-30)38(49)50)41(3,4)35(43)17-19-45(36,8)44(34,7)23-24-46/h9-12,15,33-37H,13-14,16-29H2,1-8H3,(H,47,51)(H,49,50)/t33-,34-,35?,36?,37?,43+,44-,45-,46+/m1/s1. The topological polar surface area (TPSA) is 78.9 Å². The van der Waals surface area contributed by atoms with Crippen molar-refractivity contribution in [2.75, 3.05) is 32.8 Å². The zero-order valence-corrected chi connectivity index (χ0v) is 33.7. The molecule has 52 heavy (non-hydrogen) atoms. The van der Waals surface area contributed by atoms with E-state index in [4.69, 9.17) is 4.74 Å². The van der Waals surface area contributed by atoms with Crippen molar-refractivity contribution in [3.05, 3.63) is 41.5 Å². The number of allylic oxidation sites excluding steroid dienone is 2. The maximum Gasteiger partial charge on any atom is 0.335 e. The molecule has 6 aliphatic carbocycles. The van der Waals surface area contributed by atoms with Crippen molar-refractivity contribution in [3.8, 4) is 0 Å². The quantitative estimate of drug-likeness (QED) is 0.295. The van der Waals surface area contributed by atoms with Crippen LogP contribution in [0.25, 0.3) is 5.57 Å². The van der Waals surface area contributed by atoms with Gasteiger partial charge in [-0.25, -0.2) is 4.79 Å². The molecule has 6 heteroatoms. The van der Waals surface area contributed by atoms with Crippen molar-refractivity contribution in [2.24, 2.45) is 62.1 Å². The van der Waals surface area contributed by atoms with Gasteiger partial charge in [-0.05, 0) is 164 Å². The van der Waals surface area contributed by atoms with Crippen LogP contribution in [0.2, 0.25) is 0 Å². The van der Waals surface area contributed by atoms with E-state index in [0.717, 1.165) is 52.1 Å². The molecule has 1 saturated heterocycles. The summed E-state index contributed by atoms with van der Waals surface area (Å²) < 4.78 is 5.63. The van der Waals surface area contributed by atoms with Gasteiger partial charge in [-0.2, -0.15) is 0 Å². The largest absolute Gasteiger partial charge is 0.478 e. The van der Waals surface area contributed by atoms with Crippen molar-refractivity contribution < 1.29 is 19.4 Å². The molecule has 3 unspecified atom stereocenters. The maximum atomic E-state index is 15.0. The molecule has 286 valence electrons. The van der Waals surface area contributed by atoms with Crippen LogP contribution in [0.4, 0.5) is 0 Å². The van der Waals surface area contributed by atoms with Gasteiger partial charge in [0.1, 0.15) is 0 Å². The Labute approximate surface area is 314 Å². The second kappa shape index (κ2) is 12.2. The maximum absolute atomic E-state index is 15.0. The van der Waals surface area contributed by atoms with E-state index >= 15 is 4.79 Å². The van der Waals surface area contributed by atoms with Crippen molar-refractivity contribution >= 4 is 17.4 Å². The Morgan fingerprint density at radius 1 is 0.827 bits per heavy atom. The van der Waals surface area contributed by atoms with Crippen molar-refractivity contribution in [2.45, 2.75) is 132 Å². The summed E-state index contributed by atoms with van der Waals surface area (Å²) in [5.41, 5.74) is 3.49. The number of ether oxygens (including phenoxy) is 1. The first kappa shape index (κ1) is 36.8. The first-order valence-electron chi connectivity index (χ1n) is 21.1. The van der Waals surface area contributed by atoms with Gasteiger partial charge in [0, 0.05) is 25.2 Å². The van der Waals surface area contributed by atoms with E-state index in [1.54, 1.807) is 12.1 Å². The van der Waals surface area contributed by atoms with Gasteiger partial charge in [0.15, 0.2) is 0 Å². The van der Waals surface area contributed by atoms with E-state index in [0.29, 0.717) is 46.5 Å². The summed E-state index contributed by atoms with van der Waals surface area (Å²) in [6, 6.07) is 7.61. The number of amides is 1. The van der Waals surface area contributed by atoms with Gasteiger partial charge >= 0.3 is 5.97 Å². The first-order chi connectivity index (χ1) is 24.4. The zero-order valence-electron chi connectivity index (χ0n) is 33.7. The number of nitrogens with zero attached hydrogens (tertiary/aromatic N) is 1. The third-order valence-corrected chi connectivity index (χ3v) is 18.0. The predicted molar refractivity (Wildman–Crippen MR) is 208 cm³/mol. The van der Waals surface area contributed by atoms with Gasteiger partial charge in [0.2, 0.25) is 5.91 Å². The number of carboxylic acids is 1. The highest BCUT2D eigenvalue weighted by Crippen LogP contribution is 2.79. The smallest absolute Gasteiger partial charge is 0.335 e. The highest BCUT2D eigenvalue weighted by Gasteiger charge is 2.73. The lowest BCUT2D eigenvalue weighted by molar-refractivity contribution is -0.228. The van der Waals surface area contributed by atoms with Crippen LogP contribution in [0.3, 0.4) is 0 Å². The Balaban J connectivity index is 1.09. The van der Waals surface area contributed by atoms with Crippen LogP contribution >= 0.6 is 0 Å². The number of fused-ring (bicyclic) bond motifs is 7. The third-order valence-electron chi connectivity index (χ3n) is 18.0. The van der Waals surface area contributed by atoms with Crippen LogP contribution in [0.15, 0.2) is 30.3 Å². The first-order valence-corrected chi connectivity index (χ1v) is 21.1. The average Bonchev–Trinajstić information content (AvgIpc) is 3.69. The van der Waals surface area contributed by atoms with E-state index in [1.807, 2.05) is 12.1 Å². The molecule has 6 nitrogen and oxygen atoms in total. The Morgan fingerprint density at radius 3 is 2.17 bits per heavy atom. The second-order valence-corrected chi connectivity index (χ2v) is 21.3. The highest BCUT2D eigenvalue weighted by atomic mass is 16.5. The fourth-order valence-electron chi connectivity index (χ4n) is 15.0. The van der Waals surface area contributed by atoms with Crippen molar-refractivity contribution in [3.63, 3.8) is 0 Å². The number of hydrogen-bond donors (Lipinski definition) is 2. The number of aromatic carboxylic acids is 1. The molecule has 1 heterocycles. The Kier molecular flexibility index (Phi) is 8.60. The van der Waals surface area contributed by atoms with Gasteiger partial charge in [-0.15, -0.1) is 0 Å². The van der Waals surface area contributed by atoms with Crippen LogP contribution in [-0.2, 0) is 9.53 Å². The molecule has 1 amide bonds. The molecular weight excluding hydrogens is 645 g/mol. The minimum atomic E-state index is -0.866. The minimum absolute atomic E-state index is 0.00175. The summed E-state index contributed by atoms with van der Waals surface area (Å²) >= 11 is 0. The number of carboxylic acid groups (broad SMARTS) is 1. The fraction of sp³-hybridized carbons (Fsp3) is 0.783. The Morgan fingerprint density at radius 2 is 1.52 bits per heavy atom. The molecule has 7 aliphatic rings. The molecular formula is C46H68N2O4. The SMILES string of the molecule is CC(C)(CN1CCOCC1)NC(=O)[C@]12CC[C@@H](C3(C)CC3)C1[C@H]1CCC3[C@@]4(C)CC=C(c5ccc(C(=O)O)cc5)C(C)(C)C4CC[C@@]3(C)[C@]1(C)CC2. The van der Waals surface area contributed by atoms with E-state index in [2.05, 4.69) is 71.7 Å². The molecule has 8 rings (SSSR count). The van der Waals surface area contributed by atoms with Gasteiger partial charge < -0.3 is 15.2 Å². The van der Waals surface area contributed by atoms with Gasteiger partial charge in [0.25, 0.3) is 0 Å². The van der Waals surface area contributed by atoms with Gasteiger partial charge in [-0.1, -0.05) is 59.8 Å². The molecule has 6 fully saturated rings.